The van der Waals surface area contributed by atoms with Gasteiger partial charge in [-0.3, -0.25) is 4.90 Å². The smallest absolute Gasteiger partial charge is 0.192 e. The molecule has 0 bridgehead atoms. The Morgan fingerprint density at radius 3 is 1.49 bits per heavy atom. The van der Waals surface area contributed by atoms with Gasteiger partial charge in [0.05, 0.1) is 11.9 Å². The van der Waals surface area contributed by atoms with E-state index in [0.29, 0.717) is 15.3 Å². The first kappa shape index (κ1) is 42.6. The second kappa shape index (κ2) is 19.7. The molecule has 0 spiro atoms. The Morgan fingerprint density at radius 1 is 0.660 bits per heavy atom. The lowest BCUT2D eigenvalue weighted by atomic mass is 10.1. The van der Waals surface area contributed by atoms with Crippen LogP contribution in [0.15, 0.2) is 41.1 Å². The van der Waals surface area contributed by atoms with Gasteiger partial charge in [0.1, 0.15) is 10.3 Å². The van der Waals surface area contributed by atoms with E-state index < -0.39 is 16.6 Å². The molecule has 0 amide bonds. The first-order valence-corrected chi connectivity index (χ1v) is 24.5. The molecule has 0 atom stereocenters. The molecule has 4 heterocycles. The number of halogens is 3. The summed E-state index contributed by atoms with van der Waals surface area (Å²) in [7, 11) is -3.13. The lowest BCUT2D eigenvalue weighted by Gasteiger charge is -2.38. The Balaban J connectivity index is 0.000000275. The van der Waals surface area contributed by atoms with E-state index >= 15 is 0 Å². The molecule has 0 unspecified atom stereocenters. The number of hydrogen-bond acceptors (Lipinski definition) is 7. The Labute approximate surface area is 307 Å². The quantitative estimate of drug-likeness (QED) is 0.185. The zero-order chi connectivity index (χ0) is 35.3. The molecular formula is C35H62BrCl2N5O2Si2. The molecule has 7 nitrogen and oxygen atoms in total. The second-order valence-corrected chi connectivity index (χ2v) is 26.9. The van der Waals surface area contributed by atoms with E-state index in [1.807, 2.05) is 24.4 Å². The summed E-state index contributed by atoms with van der Waals surface area (Å²) in [6.07, 6.45) is 7.68. The highest BCUT2D eigenvalue weighted by Crippen LogP contribution is 2.37. The van der Waals surface area contributed by atoms with Gasteiger partial charge in [0, 0.05) is 63.2 Å². The third-order valence-corrected chi connectivity index (χ3v) is 19.9. The van der Waals surface area contributed by atoms with Crippen LogP contribution in [-0.2, 0) is 8.85 Å². The van der Waals surface area contributed by atoms with Gasteiger partial charge in [-0.15, -0.1) is 0 Å². The summed E-state index contributed by atoms with van der Waals surface area (Å²) in [5.41, 5.74) is 1.16. The van der Waals surface area contributed by atoms with Crippen LogP contribution < -0.4 is 4.90 Å². The minimum atomic E-state index is -1.62. The SMILES string of the molecule is CC(C)(C)[Si](C)(C)OCCN1CCCCC1.CC(C)(C)[Si](C)(C)OCCN1CCN(c2ccc(Cl)nc2)CC1.Clc1ccc(Br)cn1. The zero-order valence-corrected chi connectivity index (χ0v) is 35.9. The van der Waals surface area contributed by atoms with E-state index in [9.17, 15) is 0 Å². The third-order valence-electron chi connectivity index (χ3n) is 9.94. The number of anilines is 1. The minimum absolute atomic E-state index is 0.285. The van der Waals surface area contributed by atoms with Gasteiger partial charge in [0.2, 0.25) is 0 Å². The molecule has 0 aliphatic carbocycles. The predicted octanol–water partition coefficient (Wildman–Crippen LogP) is 9.87. The van der Waals surface area contributed by atoms with E-state index in [1.54, 1.807) is 12.3 Å². The predicted molar refractivity (Wildman–Crippen MR) is 211 cm³/mol. The van der Waals surface area contributed by atoms with Crippen molar-refractivity contribution in [1.82, 2.24) is 19.8 Å². The molecule has 47 heavy (non-hydrogen) atoms. The van der Waals surface area contributed by atoms with Crippen molar-refractivity contribution in [2.24, 2.45) is 0 Å². The van der Waals surface area contributed by atoms with Crippen molar-refractivity contribution in [2.75, 3.05) is 70.5 Å². The molecule has 2 fully saturated rings. The van der Waals surface area contributed by atoms with Gasteiger partial charge >= 0.3 is 0 Å². The van der Waals surface area contributed by atoms with Gasteiger partial charge in [-0.2, -0.15) is 0 Å². The molecule has 2 aliphatic heterocycles. The monoisotopic (exact) mass is 789 g/mol. The largest absolute Gasteiger partial charge is 0.416 e. The number of likely N-dealkylation sites (tertiary alicyclic amines) is 1. The number of hydrogen-bond donors (Lipinski definition) is 0. The van der Waals surface area contributed by atoms with Crippen molar-refractivity contribution < 1.29 is 8.85 Å². The Hall–Kier alpha value is -0.566. The highest BCUT2D eigenvalue weighted by molar-refractivity contribution is 9.10. The number of rotatable bonds is 9. The summed E-state index contributed by atoms with van der Waals surface area (Å²) < 4.78 is 13.4. The molecule has 12 heteroatoms. The molecular weight excluding hydrogens is 729 g/mol. The van der Waals surface area contributed by atoms with Gasteiger partial charge in [-0.05, 0) is 102 Å². The summed E-state index contributed by atoms with van der Waals surface area (Å²) >= 11 is 14.6. The molecule has 2 saturated heterocycles. The molecule has 0 saturated carbocycles. The fourth-order valence-corrected chi connectivity index (χ4v) is 7.15. The standard InChI is InChI=1S/C17H30ClN3OSi.C13H29NOSi.C5H3BrClN/c1-17(2,3)23(4,5)22-13-12-20-8-10-21(11-9-20)15-6-7-16(18)19-14-15;1-13(2,3)16(4,5)15-12-11-14-9-7-6-8-10-14;6-4-1-2-5(7)8-3-4/h6-7,14H,8-13H2,1-5H3;6-12H2,1-5H3;1-3H. The van der Waals surface area contributed by atoms with Gasteiger partial charge in [-0.1, -0.05) is 71.2 Å². The second-order valence-electron chi connectivity index (χ2n) is 15.6. The molecule has 268 valence electrons. The van der Waals surface area contributed by atoms with Crippen LogP contribution >= 0.6 is 39.1 Å². The maximum absolute atomic E-state index is 6.28. The van der Waals surface area contributed by atoms with Crippen molar-refractivity contribution in [3.8, 4) is 0 Å². The Bertz CT molecular complexity index is 1130. The maximum atomic E-state index is 6.28. The van der Waals surface area contributed by atoms with Gasteiger partial charge in [-0.25, -0.2) is 9.97 Å². The number of piperidine rings is 1. The molecule has 2 aliphatic rings. The van der Waals surface area contributed by atoms with E-state index in [0.717, 1.165) is 62.6 Å². The number of piperazine rings is 1. The summed E-state index contributed by atoms with van der Waals surface area (Å²) in [4.78, 5) is 15.4. The average Bonchev–Trinajstić information content (AvgIpc) is 2.99. The molecule has 0 aromatic carbocycles. The third kappa shape index (κ3) is 15.9. The van der Waals surface area contributed by atoms with Crippen molar-refractivity contribution in [3.05, 3.63) is 51.4 Å². The Morgan fingerprint density at radius 2 is 1.11 bits per heavy atom. The van der Waals surface area contributed by atoms with Crippen LogP contribution in [0.25, 0.3) is 0 Å². The average molecular weight is 792 g/mol. The molecule has 0 radical (unpaired) electrons. The van der Waals surface area contributed by atoms with Crippen molar-refractivity contribution in [3.63, 3.8) is 0 Å². The van der Waals surface area contributed by atoms with Gasteiger partial charge < -0.3 is 18.7 Å². The minimum Gasteiger partial charge on any atom is -0.416 e. The zero-order valence-electron chi connectivity index (χ0n) is 30.8. The van der Waals surface area contributed by atoms with Crippen LogP contribution in [0.3, 0.4) is 0 Å². The van der Waals surface area contributed by atoms with E-state index in [-0.39, 0.29) is 5.04 Å². The van der Waals surface area contributed by atoms with Crippen LogP contribution in [-0.4, -0.2) is 102 Å². The summed E-state index contributed by atoms with van der Waals surface area (Å²) in [6.45, 7) is 33.8. The summed E-state index contributed by atoms with van der Waals surface area (Å²) in [5, 5.41) is 1.70. The van der Waals surface area contributed by atoms with Gasteiger partial charge in [0.15, 0.2) is 16.6 Å². The van der Waals surface area contributed by atoms with Gasteiger partial charge in [0.25, 0.3) is 0 Å². The van der Waals surface area contributed by atoms with Crippen LogP contribution in [0.2, 0.25) is 46.6 Å². The lowest BCUT2D eigenvalue weighted by Crippen LogP contribution is -2.48. The van der Waals surface area contributed by atoms with Crippen molar-refractivity contribution in [2.45, 2.75) is 97.1 Å². The highest BCUT2D eigenvalue weighted by atomic mass is 79.9. The Kier molecular flexibility index (Phi) is 17.9. The van der Waals surface area contributed by atoms with E-state index in [2.05, 4.69) is 108 Å². The number of aromatic nitrogens is 2. The van der Waals surface area contributed by atoms with Crippen LogP contribution in [0, 0.1) is 0 Å². The normalized spacial score (nSPS) is 17.0. The molecule has 2 aromatic rings. The molecule has 0 N–H and O–H groups in total. The van der Waals surface area contributed by atoms with E-state index in [1.165, 1.54) is 32.4 Å². The maximum Gasteiger partial charge on any atom is 0.192 e. The fraction of sp³-hybridized carbons (Fsp3) is 0.714. The first-order valence-electron chi connectivity index (χ1n) is 17.2. The lowest BCUT2D eigenvalue weighted by molar-refractivity contribution is 0.175. The van der Waals surface area contributed by atoms with Crippen LogP contribution in [0.1, 0.15) is 60.8 Å². The highest BCUT2D eigenvalue weighted by Gasteiger charge is 2.38. The van der Waals surface area contributed by atoms with Crippen LogP contribution in [0.4, 0.5) is 5.69 Å². The number of nitrogens with zero attached hydrogens (tertiary/aromatic N) is 5. The van der Waals surface area contributed by atoms with Crippen molar-refractivity contribution >= 4 is 61.5 Å². The van der Waals surface area contributed by atoms with E-state index in [4.69, 9.17) is 32.1 Å². The van der Waals surface area contributed by atoms with Crippen molar-refractivity contribution in [1.29, 1.82) is 0 Å². The number of pyridine rings is 2. The molecule has 2 aromatic heterocycles. The summed E-state index contributed by atoms with van der Waals surface area (Å²) in [6, 6.07) is 7.48. The molecule has 4 rings (SSSR count). The summed E-state index contributed by atoms with van der Waals surface area (Å²) in [5.74, 6) is 0. The van der Waals surface area contributed by atoms with Crippen LogP contribution in [0.5, 0.6) is 0 Å². The topological polar surface area (TPSA) is 54.0 Å². The fourth-order valence-electron chi connectivity index (χ4n) is 4.62. The first-order chi connectivity index (χ1) is 21.8.